The third-order valence-electron chi connectivity index (χ3n) is 2.64. The highest BCUT2D eigenvalue weighted by Crippen LogP contribution is 2.28. The van der Waals surface area contributed by atoms with E-state index in [1.165, 1.54) is 0 Å². The summed E-state index contributed by atoms with van der Waals surface area (Å²) in [6.45, 7) is -0.349. The van der Waals surface area contributed by atoms with Gasteiger partial charge in [0.2, 0.25) is 5.91 Å². The summed E-state index contributed by atoms with van der Waals surface area (Å²) >= 11 is 0. The van der Waals surface area contributed by atoms with Crippen molar-refractivity contribution in [2.45, 2.75) is 18.9 Å². The summed E-state index contributed by atoms with van der Waals surface area (Å²) in [6.07, 6.45) is 1.78. The number of amides is 1. The number of benzene rings is 1. The quantitative estimate of drug-likeness (QED) is 0.628. The lowest BCUT2D eigenvalue weighted by Gasteiger charge is -2.08. The molecule has 0 atom stereocenters. The summed E-state index contributed by atoms with van der Waals surface area (Å²) in [5.41, 5.74) is -1.23. The molecule has 1 fully saturated rings. The molecule has 2 rings (SSSR count). The monoisotopic (exact) mass is 271 g/mol. The highest BCUT2D eigenvalue weighted by Gasteiger charge is 2.25. The molecule has 19 heavy (non-hydrogen) atoms. The van der Waals surface area contributed by atoms with Crippen molar-refractivity contribution in [2.75, 3.05) is 11.9 Å². The Labute approximate surface area is 106 Å². The number of hydrogen-bond donors (Lipinski definition) is 2. The summed E-state index contributed by atoms with van der Waals surface area (Å²) < 4.78 is 26.5. The number of carbonyl (C=O) groups is 1. The molecule has 0 heterocycles. The van der Waals surface area contributed by atoms with Crippen molar-refractivity contribution in [3.63, 3.8) is 0 Å². The van der Waals surface area contributed by atoms with Gasteiger partial charge in [0.05, 0.1) is 11.5 Å². The Morgan fingerprint density at radius 1 is 1.42 bits per heavy atom. The van der Waals surface area contributed by atoms with Crippen molar-refractivity contribution in [2.24, 2.45) is 0 Å². The number of carbonyl (C=O) groups excluding carboxylic acids is 1. The van der Waals surface area contributed by atoms with Crippen LogP contribution in [0.15, 0.2) is 12.1 Å². The fourth-order valence-corrected chi connectivity index (χ4v) is 1.54. The zero-order chi connectivity index (χ0) is 14.0. The van der Waals surface area contributed by atoms with E-state index in [0.29, 0.717) is 6.07 Å². The van der Waals surface area contributed by atoms with E-state index < -0.39 is 33.8 Å². The molecule has 0 unspecified atom stereocenters. The molecule has 0 radical (unpaired) electrons. The van der Waals surface area contributed by atoms with E-state index in [4.69, 9.17) is 0 Å². The predicted octanol–water partition coefficient (Wildman–Crippen LogP) is 1.56. The lowest BCUT2D eigenvalue weighted by molar-refractivity contribution is -0.384. The Balaban J connectivity index is 2.10. The van der Waals surface area contributed by atoms with E-state index in [1.54, 1.807) is 0 Å². The Kier molecular flexibility index (Phi) is 3.59. The number of anilines is 1. The molecule has 6 nitrogen and oxygen atoms in total. The lowest BCUT2D eigenvalue weighted by Crippen LogP contribution is -2.31. The van der Waals surface area contributed by atoms with Gasteiger partial charge in [-0.25, -0.2) is 8.78 Å². The summed E-state index contributed by atoms with van der Waals surface area (Å²) in [7, 11) is 0. The molecule has 8 heteroatoms. The van der Waals surface area contributed by atoms with Crippen LogP contribution in [0.4, 0.5) is 20.2 Å². The third kappa shape index (κ3) is 3.15. The topological polar surface area (TPSA) is 84.3 Å². The van der Waals surface area contributed by atoms with E-state index in [-0.39, 0.29) is 12.6 Å². The zero-order valence-electron chi connectivity index (χ0n) is 9.78. The average Bonchev–Trinajstić information content (AvgIpc) is 3.14. The first-order chi connectivity index (χ1) is 8.99. The lowest BCUT2D eigenvalue weighted by atomic mass is 10.2. The van der Waals surface area contributed by atoms with E-state index in [0.717, 1.165) is 18.9 Å². The van der Waals surface area contributed by atoms with Gasteiger partial charge in [0.15, 0.2) is 17.3 Å². The SMILES string of the molecule is O=C(CNc1c([N+](=O)[O-])ccc(F)c1F)NC1CC1. The maximum absolute atomic E-state index is 13.5. The fraction of sp³-hybridized carbons (Fsp3) is 0.364. The van der Waals surface area contributed by atoms with Crippen molar-refractivity contribution in [3.05, 3.63) is 33.9 Å². The number of rotatable bonds is 5. The molecule has 0 saturated heterocycles. The van der Waals surface area contributed by atoms with Gasteiger partial charge in [-0.15, -0.1) is 0 Å². The van der Waals surface area contributed by atoms with Crippen LogP contribution >= 0.6 is 0 Å². The third-order valence-corrected chi connectivity index (χ3v) is 2.64. The van der Waals surface area contributed by atoms with Crippen LogP contribution in [0.1, 0.15) is 12.8 Å². The van der Waals surface area contributed by atoms with Crippen LogP contribution in [0, 0.1) is 21.7 Å². The molecule has 1 aliphatic carbocycles. The number of nitro benzene ring substituents is 1. The van der Waals surface area contributed by atoms with Gasteiger partial charge in [0.25, 0.3) is 5.69 Å². The fourth-order valence-electron chi connectivity index (χ4n) is 1.54. The van der Waals surface area contributed by atoms with Crippen LogP contribution in [0.25, 0.3) is 0 Å². The van der Waals surface area contributed by atoms with Crippen molar-refractivity contribution in [1.82, 2.24) is 5.32 Å². The number of nitrogens with zero attached hydrogens (tertiary/aromatic N) is 1. The van der Waals surface area contributed by atoms with Crippen molar-refractivity contribution in [3.8, 4) is 0 Å². The number of halogens is 2. The predicted molar refractivity (Wildman–Crippen MR) is 62.7 cm³/mol. The summed E-state index contributed by atoms with van der Waals surface area (Å²) in [5, 5.41) is 15.6. The van der Waals surface area contributed by atoms with Gasteiger partial charge in [0.1, 0.15) is 0 Å². The maximum Gasteiger partial charge on any atom is 0.295 e. The second-order valence-electron chi connectivity index (χ2n) is 4.21. The molecule has 0 aromatic heterocycles. The molecular formula is C11H11F2N3O3. The second-order valence-corrected chi connectivity index (χ2v) is 4.21. The highest BCUT2D eigenvalue weighted by atomic mass is 19.2. The van der Waals surface area contributed by atoms with Crippen LogP contribution in [-0.2, 0) is 4.79 Å². The molecular weight excluding hydrogens is 260 g/mol. The minimum Gasteiger partial charge on any atom is -0.368 e. The van der Waals surface area contributed by atoms with E-state index in [9.17, 15) is 23.7 Å². The molecule has 1 saturated carbocycles. The van der Waals surface area contributed by atoms with Crippen LogP contribution < -0.4 is 10.6 Å². The Morgan fingerprint density at radius 2 is 2.11 bits per heavy atom. The summed E-state index contributed by atoms with van der Waals surface area (Å²) in [4.78, 5) is 21.2. The Morgan fingerprint density at radius 3 is 2.68 bits per heavy atom. The number of nitro groups is 1. The van der Waals surface area contributed by atoms with Crippen LogP contribution in [-0.4, -0.2) is 23.4 Å². The minimum atomic E-state index is -1.37. The molecule has 1 aromatic rings. The Bertz CT molecular complexity index is 532. The summed E-state index contributed by atoms with van der Waals surface area (Å²) in [6, 6.07) is 1.64. The highest BCUT2D eigenvalue weighted by molar-refractivity contribution is 5.82. The van der Waals surface area contributed by atoms with Crippen LogP contribution in [0.5, 0.6) is 0 Å². The van der Waals surface area contributed by atoms with Crippen molar-refractivity contribution in [1.29, 1.82) is 0 Å². The van der Waals surface area contributed by atoms with Gasteiger partial charge < -0.3 is 10.6 Å². The van der Waals surface area contributed by atoms with Crippen molar-refractivity contribution < 1.29 is 18.5 Å². The van der Waals surface area contributed by atoms with Crippen LogP contribution in [0.2, 0.25) is 0 Å². The molecule has 0 bridgehead atoms. The van der Waals surface area contributed by atoms with E-state index in [2.05, 4.69) is 10.6 Å². The van der Waals surface area contributed by atoms with Crippen molar-refractivity contribution >= 4 is 17.3 Å². The van der Waals surface area contributed by atoms with Crippen LogP contribution in [0.3, 0.4) is 0 Å². The van der Waals surface area contributed by atoms with E-state index in [1.807, 2.05) is 0 Å². The largest absolute Gasteiger partial charge is 0.368 e. The first kappa shape index (κ1) is 13.2. The van der Waals surface area contributed by atoms with E-state index >= 15 is 0 Å². The Hall–Kier alpha value is -2.25. The van der Waals surface area contributed by atoms with Gasteiger partial charge in [-0.05, 0) is 18.9 Å². The molecule has 102 valence electrons. The minimum absolute atomic E-state index is 0.127. The molecule has 1 amide bonds. The first-order valence-electron chi connectivity index (χ1n) is 5.64. The molecule has 2 N–H and O–H groups in total. The number of hydrogen-bond acceptors (Lipinski definition) is 4. The second kappa shape index (κ2) is 5.17. The van der Waals surface area contributed by atoms with Gasteiger partial charge in [0, 0.05) is 12.1 Å². The van der Waals surface area contributed by atoms with Gasteiger partial charge in [-0.2, -0.15) is 0 Å². The van der Waals surface area contributed by atoms with Gasteiger partial charge in [-0.1, -0.05) is 0 Å². The zero-order valence-corrected chi connectivity index (χ0v) is 9.78. The standard InChI is InChI=1S/C11H11F2N3O3/c12-7-3-4-8(16(18)19)11(10(7)13)14-5-9(17)15-6-1-2-6/h3-4,6,14H,1-2,5H2,(H,15,17). The molecule has 1 aromatic carbocycles. The van der Waals surface area contributed by atoms with Gasteiger partial charge >= 0.3 is 0 Å². The first-order valence-corrected chi connectivity index (χ1v) is 5.64. The summed E-state index contributed by atoms with van der Waals surface area (Å²) in [5.74, 6) is -3.00. The maximum atomic E-state index is 13.5. The molecule has 0 aliphatic heterocycles. The molecule has 0 spiro atoms. The normalized spacial score (nSPS) is 14.0. The molecule has 1 aliphatic rings. The van der Waals surface area contributed by atoms with Gasteiger partial charge in [-0.3, -0.25) is 14.9 Å². The average molecular weight is 271 g/mol. The number of nitrogens with one attached hydrogen (secondary N) is 2. The smallest absolute Gasteiger partial charge is 0.295 e.